The number of nitrogens with one attached hydrogen (secondary N) is 1. The Hall–Kier alpha value is -2.98. The Balaban J connectivity index is 1.46. The summed E-state index contributed by atoms with van der Waals surface area (Å²) in [6.07, 6.45) is 3.88. The van der Waals surface area contributed by atoms with Crippen molar-refractivity contribution in [2.24, 2.45) is 0 Å². The molecule has 3 rings (SSSR count). The van der Waals surface area contributed by atoms with Crippen molar-refractivity contribution in [3.8, 4) is 0 Å². The molecule has 156 valence electrons. The van der Waals surface area contributed by atoms with E-state index in [1.165, 1.54) is 22.7 Å². The number of nitrogens with zero attached hydrogens (tertiary/aromatic N) is 4. The number of hydrogen-bond donors (Lipinski definition) is 1. The second kappa shape index (κ2) is 11.3. The van der Waals surface area contributed by atoms with Gasteiger partial charge in [-0.15, -0.1) is 16.4 Å². The molecule has 2 heterocycles. The summed E-state index contributed by atoms with van der Waals surface area (Å²) < 4.78 is 6.55. The molecule has 0 unspecified atom stereocenters. The number of benzene rings is 1. The standard InChI is InChI=1S/C20H21N5O3S2/c1-2-28-19(27)10-7-15-5-8-16(9-6-15)21-18(26)14-30-20-22-23-24-25(20)12-11-17-4-3-13-29-17/h3-10,13H,2,11-12,14H2,1H3,(H,21,26)/b10-7-. The van der Waals surface area contributed by atoms with E-state index in [0.717, 1.165) is 12.0 Å². The minimum absolute atomic E-state index is 0.150. The summed E-state index contributed by atoms with van der Waals surface area (Å²) in [5.41, 5.74) is 1.51. The summed E-state index contributed by atoms with van der Waals surface area (Å²) in [5, 5.41) is 17.2. The van der Waals surface area contributed by atoms with Crippen LogP contribution >= 0.6 is 23.1 Å². The lowest BCUT2D eigenvalue weighted by molar-refractivity contribution is -0.137. The van der Waals surface area contributed by atoms with Crippen LogP contribution < -0.4 is 5.32 Å². The summed E-state index contributed by atoms with van der Waals surface area (Å²) in [6, 6.07) is 11.3. The van der Waals surface area contributed by atoms with Gasteiger partial charge in [0.05, 0.1) is 18.9 Å². The van der Waals surface area contributed by atoms with Crippen molar-refractivity contribution in [3.05, 3.63) is 58.3 Å². The second-order valence-corrected chi connectivity index (χ2v) is 8.03. The molecule has 10 heteroatoms. The number of rotatable bonds is 10. The van der Waals surface area contributed by atoms with Crippen LogP contribution in [-0.4, -0.2) is 44.4 Å². The van der Waals surface area contributed by atoms with Crippen LogP contribution in [-0.2, 0) is 27.3 Å². The summed E-state index contributed by atoms with van der Waals surface area (Å²) in [5.74, 6) is -0.337. The third-order valence-electron chi connectivity index (χ3n) is 3.87. The zero-order valence-corrected chi connectivity index (χ0v) is 18.0. The third-order valence-corrected chi connectivity index (χ3v) is 5.77. The number of carbonyl (C=O) groups is 2. The maximum Gasteiger partial charge on any atom is 0.330 e. The molecule has 0 bridgehead atoms. The number of carbonyl (C=O) groups excluding carboxylic acids is 2. The Morgan fingerprint density at radius 3 is 2.83 bits per heavy atom. The average Bonchev–Trinajstić information content (AvgIpc) is 3.42. The van der Waals surface area contributed by atoms with Crippen molar-refractivity contribution in [3.63, 3.8) is 0 Å². The van der Waals surface area contributed by atoms with Gasteiger partial charge in [-0.05, 0) is 52.6 Å². The van der Waals surface area contributed by atoms with Gasteiger partial charge in [0.15, 0.2) is 0 Å². The first-order chi connectivity index (χ1) is 14.6. The zero-order valence-electron chi connectivity index (χ0n) is 16.4. The SMILES string of the molecule is CCOC(=O)/C=C\c1ccc(NC(=O)CSc2nnnn2CCc2cccs2)cc1. The fourth-order valence-corrected chi connectivity index (χ4v) is 3.87. The van der Waals surface area contributed by atoms with Gasteiger partial charge in [-0.25, -0.2) is 9.48 Å². The van der Waals surface area contributed by atoms with Crippen LogP contribution in [0, 0.1) is 0 Å². The van der Waals surface area contributed by atoms with Crippen LogP contribution in [0.3, 0.4) is 0 Å². The quantitative estimate of drug-likeness (QED) is 0.292. The first-order valence-electron chi connectivity index (χ1n) is 9.30. The molecule has 1 aromatic carbocycles. The summed E-state index contributed by atoms with van der Waals surface area (Å²) in [6.45, 7) is 2.76. The van der Waals surface area contributed by atoms with Gasteiger partial charge in [0, 0.05) is 23.1 Å². The summed E-state index contributed by atoms with van der Waals surface area (Å²) in [4.78, 5) is 24.9. The van der Waals surface area contributed by atoms with Gasteiger partial charge in [0.25, 0.3) is 0 Å². The molecule has 1 amide bonds. The van der Waals surface area contributed by atoms with Gasteiger partial charge in [-0.3, -0.25) is 4.79 Å². The molecule has 0 spiro atoms. The van der Waals surface area contributed by atoms with E-state index >= 15 is 0 Å². The second-order valence-electron chi connectivity index (χ2n) is 6.06. The highest BCUT2D eigenvalue weighted by atomic mass is 32.2. The van der Waals surface area contributed by atoms with Crippen molar-refractivity contribution in [1.82, 2.24) is 20.2 Å². The van der Waals surface area contributed by atoms with Crippen LogP contribution in [0.2, 0.25) is 0 Å². The van der Waals surface area contributed by atoms with Gasteiger partial charge < -0.3 is 10.1 Å². The van der Waals surface area contributed by atoms with E-state index in [0.29, 0.717) is 24.0 Å². The van der Waals surface area contributed by atoms with Gasteiger partial charge in [-0.2, -0.15) is 0 Å². The number of aryl methyl sites for hydroxylation is 2. The molecule has 0 saturated carbocycles. The molecular weight excluding hydrogens is 422 g/mol. The van der Waals surface area contributed by atoms with Gasteiger partial charge in [0.1, 0.15) is 0 Å². The van der Waals surface area contributed by atoms with Crippen LogP contribution in [0.1, 0.15) is 17.4 Å². The fraction of sp³-hybridized carbons (Fsp3) is 0.250. The predicted octanol–water partition coefficient (Wildman–Crippen LogP) is 3.28. The number of amides is 1. The fourth-order valence-electron chi connectivity index (χ4n) is 2.47. The minimum Gasteiger partial charge on any atom is -0.463 e. The molecule has 0 aliphatic rings. The highest BCUT2D eigenvalue weighted by Gasteiger charge is 2.10. The van der Waals surface area contributed by atoms with E-state index in [-0.39, 0.29) is 17.6 Å². The molecule has 0 atom stereocenters. The molecule has 1 N–H and O–H groups in total. The van der Waals surface area contributed by atoms with Crippen LogP contribution in [0.15, 0.2) is 53.0 Å². The number of ether oxygens (including phenoxy) is 1. The Labute approximate surface area is 182 Å². The topological polar surface area (TPSA) is 99.0 Å². The number of anilines is 1. The van der Waals surface area contributed by atoms with Crippen LogP contribution in [0.25, 0.3) is 6.08 Å². The van der Waals surface area contributed by atoms with Crippen molar-refractivity contribution in [1.29, 1.82) is 0 Å². The Bertz CT molecular complexity index is 984. The van der Waals surface area contributed by atoms with Crippen molar-refractivity contribution in [2.75, 3.05) is 17.7 Å². The van der Waals surface area contributed by atoms with E-state index in [4.69, 9.17) is 4.74 Å². The number of thioether (sulfide) groups is 1. The molecular formula is C20H21N5O3S2. The maximum atomic E-state index is 12.3. The lowest BCUT2D eigenvalue weighted by Crippen LogP contribution is -2.15. The first-order valence-corrected chi connectivity index (χ1v) is 11.2. The number of esters is 1. The maximum absolute atomic E-state index is 12.3. The van der Waals surface area contributed by atoms with Gasteiger partial charge in [-0.1, -0.05) is 30.0 Å². The van der Waals surface area contributed by atoms with E-state index in [2.05, 4.69) is 26.9 Å². The molecule has 8 nitrogen and oxygen atoms in total. The normalized spacial score (nSPS) is 11.0. The Morgan fingerprint density at radius 1 is 1.27 bits per heavy atom. The van der Waals surface area contributed by atoms with E-state index in [1.54, 1.807) is 41.2 Å². The number of aromatic nitrogens is 4. The predicted molar refractivity (Wildman–Crippen MR) is 117 cm³/mol. The highest BCUT2D eigenvalue weighted by Crippen LogP contribution is 2.17. The van der Waals surface area contributed by atoms with Crippen molar-refractivity contribution < 1.29 is 14.3 Å². The first kappa shape index (κ1) is 21.7. The van der Waals surface area contributed by atoms with E-state index < -0.39 is 0 Å². The largest absolute Gasteiger partial charge is 0.463 e. The zero-order chi connectivity index (χ0) is 21.2. The molecule has 0 fully saturated rings. The van der Waals surface area contributed by atoms with Gasteiger partial charge in [0.2, 0.25) is 11.1 Å². The van der Waals surface area contributed by atoms with E-state index in [9.17, 15) is 9.59 Å². The lowest BCUT2D eigenvalue weighted by atomic mass is 10.2. The van der Waals surface area contributed by atoms with E-state index in [1.807, 2.05) is 23.6 Å². The monoisotopic (exact) mass is 443 g/mol. The summed E-state index contributed by atoms with van der Waals surface area (Å²) >= 11 is 2.99. The molecule has 2 aromatic heterocycles. The third kappa shape index (κ3) is 6.82. The molecule has 0 saturated heterocycles. The minimum atomic E-state index is -0.385. The molecule has 30 heavy (non-hydrogen) atoms. The molecule has 0 aliphatic carbocycles. The van der Waals surface area contributed by atoms with Crippen LogP contribution in [0.5, 0.6) is 0 Å². The van der Waals surface area contributed by atoms with Gasteiger partial charge >= 0.3 is 5.97 Å². The number of tetrazole rings is 1. The van der Waals surface area contributed by atoms with Crippen LogP contribution in [0.4, 0.5) is 5.69 Å². The molecule has 0 radical (unpaired) electrons. The smallest absolute Gasteiger partial charge is 0.330 e. The highest BCUT2D eigenvalue weighted by molar-refractivity contribution is 7.99. The average molecular weight is 444 g/mol. The lowest BCUT2D eigenvalue weighted by Gasteiger charge is -2.06. The Morgan fingerprint density at radius 2 is 2.10 bits per heavy atom. The Kier molecular flexibility index (Phi) is 8.16. The summed E-state index contributed by atoms with van der Waals surface area (Å²) in [7, 11) is 0. The number of hydrogen-bond acceptors (Lipinski definition) is 8. The number of thiophene rings is 1. The molecule has 3 aromatic rings. The van der Waals surface area contributed by atoms with Crippen molar-refractivity contribution in [2.45, 2.75) is 25.0 Å². The molecule has 0 aliphatic heterocycles. The van der Waals surface area contributed by atoms with Crippen molar-refractivity contribution >= 4 is 46.7 Å².